The van der Waals surface area contributed by atoms with Crippen LogP contribution in [-0.2, 0) is 14.4 Å². The van der Waals surface area contributed by atoms with E-state index in [-0.39, 0.29) is 5.71 Å². The van der Waals surface area contributed by atoms with Crippen LogP contribution < -0.4 is 4.74 Å². The molecule has 1 aromatic heterocycles. The Bertz CT molecular complexity index is 967. The van der Waals surface area contributed by atoms with Gasteiger partial charge in [0.25, 0.3) is 0 Å². The monoisotopic (exact) mass is 385 g/mol. The summed E-state index contributed by atoms with van der Waals surface area (Å²) in [6.45, 7) is 0. The van der Waals surface area contributed by atoms with Crippen LogP contribution in [0.2, 0.25) is 5.02 Å². The van der Waals surface area contributed by atoms with Crippen molar-refractivity contribution in [2.75, 3.05) is 14.2 Å². The number of oxime groups is 1. The Hall–Kier alpha value is -3.32. The zero-order chi connectivity index (χ0) is 19.2. The van der Waals surface area contributed by atoms with Crippen molar-refractivity contribution < 1.29 is 19.1 Å². The molecule has 0 spiro atoms. The van der Waals surface area contributed by atoms with Gasteiger partial charge >= 0.3 is 5.97 Å². The number of aromatic nitrogens is 2. The van der Waals surface area contributed by atoms with Crippen LogP contribution in [-0.4, -0.2) is 35.7 Å². The van der Waals surface area contributed by atoms with Crippen molar-refractivity contribution in [1.82, 2.24) is 9.78 Å². The average Bonchev–Trinajstić information content (AvgIpc) is 3.15. The Balaban J connectivity index is 1.90. The minimum Gasteiger partial charge on any atom is -0.464 e. The van der Waals surface area contributed by atoms with E-state index in [4.69, 9.17) is 25.9 Å². The number of carbonyl (C=O) groups is 1. The van der Waals surface area contributed by atoms with Crippen molar-refractivity contribution >= 4 is 23.3 Å². The quantitative estimate of drug-likeness (QED) is 0.366. The zero-order valence-electron chi connectivity index (χ0n) is 14.6. The van der Waals surface area contributed by atoms with Gasteiger partial charge in [-0.25, -0.2) is 9.48 Å². The molecule has 0 radical (unpaired) electrons. The molecule has 0 fully saturated rings. The molecular formula is C19H16ClN3O4. The summed E-state index contributed by atoms with van der Waals surface area (Å²) in [6, 6.07) is 15.8. The fraction of sp³-hybridized carbons (Fsp3) is 0.105. The molecule has 3 aromatic rings. The van der Waals surface area contributed by atoms with Gasteiger partial charge < -0.3 is 14.3 Å². The number of hydrogen-bond donors (Lipinski definition) is 0. The number of nitrogens with zero attached hydrogens (tertiary/aromatic N) is 3. The highest BCUT2D eigenvalue weighted by molar-refractivity contribution is 6.43. The standard InChI is InChI=1S/C19H16ClN3O4/c1-25-19(24)18(22-26-2)15-5-3-4-6-16(15)27-17-11-12-23(21-17)14-9-7-13(20)8-10-14/h3-12H,1-2H3/b22-18+. The minimum absolute atomic E-state index is 0.00673. The lowest BCUT2D eigenvalue weighted by atomic mass is 10.1. The molecule has 0 aliphatic rings. The predicted molar refractivity (Wildman–Crippen MR) is 101 cm³/mol. The van der Waals surface area contributed by atoms with Gasteiger partial charge in [0.15, 0.2) is 5.71 Å². The molecule has 0 unspecified atom stereocenters. The number of methoxy groups -OCH3 is 1. The fourth-order valence-electron chi connectivity index (χ4n) is 2.35. The minimum atomic E-state index is -0.639. The predicted octanol–water partition coefficient (Wildman–Crippen LogP) is 3.84. The van der Waals surface area contributed by atoms with E-state index in [1.807, 2.05) is 12.1 Å². The summed E-state index contributed by atoms with van der Waals surface area (Å²) in [4.78, 5) is 16.8. The molecule has 27 heavy (non-hydrogen) atoms. The highest BCUT2D eigenvalue weighted by Crippen LogP contribution is 2.26. The Morgan fingerprint density at radius 2 is 1.81 bits per heavy atom. The molecule has 8 heteroatoms. The highest BCUT2D eigenvalue weighted by atomic mass is 35.5. The van der Waals surface area contributed by atoms with Crippen LogP contribution in [0.4, 0.5) is 0 Å². The highest BCUT2D eigenvalue weighted by Gasteiger charge is 2.20. The molecule has 2 aromatic carbocycles. The molecule has 0 saturated carbocycles. The first-order chi connectivity index (χ1) is 13.1. The third-order valence-electron chi connectivity index (χ3n) is 3.57. The van der Waals surface area contributed by atoms with E-state index in [9.17, 15) is 4.79 Å². The smallest absolute Gasteiger partial charge is 0.360 e. The van der Waals surface area contributed by atoms with E-state index in [0.717, 1.165) is 5.69 Å². The van der Waals surface area contributed by atoms with Gasteiger partial charge in [-0.3, -0.25) is 0 Å². The summed E-state index contributed by atoms with van der Waals surface area (Å²) in [5.74, 6) is 0.0960. The van der Waals surface area contributed by atoms with Crippen molar-refractivity contribution in [2.45, 2.75) is 0 Å². The summed E-state index contributed by atoms with van der Waals surface area (Å²) < 4.78 is 12.3. The third kappa shape index (κ3) is 4.27. The molecule has 138 valence electrons. The molecule has 0 aliphatic carbocycles. The summed E-state index contributed by atoms with van der Waals surface area (Å²) in [7, 11) is 2.62. The molecule has 0 saturated heterocycles. The van der Waals surface area contributed by atoms with Crippen LogP contribution in [0.3, 0.4) is 0 Å². The largest absolute Gasteiger partial charge is 0.464 e. The van der Waals surface area contributed by atoms with Crippen molar-refractivity contribution in [3.63, 3.8) is 0 Å². The lowest BCUT2D eigenvalue weighted by Gasteiger charge is -2.10. The molecule has 7 nitrogen and oxygen atoms in total. The number of benzene rings is 2. The first kappa shape index (κ1) is 18.5. The van der Waals surface area contributed by atoms with E-state index in [2.05, 4.69) is 10.3 Å². The molecular weight excluding hydrogens is 370 g/mol. The first-order valence-electron chi connectivity index (χ1n) is 7.90. The Kier molecular flexibility index (Phi) is 5.73. The molecule has 0 bridgehead atoms. The van der Waals surface area contributed by atoms with Crippen molar-refractivity contribution in [3.05, 3.63) is 71.4 Å². The molecule has 1 heterocycles. The lowest BCUT2D eigenvalue weighted by Crippen LogP contribution is -2.18. The van der Waals surface area contributed by atoms with Gasteiger partial charge in [0.05, 0.1) is 18.4 Å². The molecule has 0 N–H and O–H groups in total. The Morgan fingerprint density at radius 1 is 1.07 bits per heavy atom. The SMILES string of the molecule is CO/N=C(/C(=O)OC)c1ccccc1Oc1ccn(-c2ccc(Cl)cc2)n1. The average molecular weight is 386 g/mol. The second kappa shape index (κ2) is 8.37. The van der Waals surface area contributed by atoms with Gasteiger partial charge in [-0.15, -0.1) is 5.10 Å². The van der Waals surface area contributed by atoms with Crippen LogP contribution in [0, 0.1) is 0 Å². The number of para-hydroxylation sites is 1. The fourth-order valence-corrected chi connectivity index (χ4v) is 2.47. The van der Waals surface area contributed by atoms with Crippen LogP contribution >= 0.6 is 11.6 Å². The maximum Gasteiger partial charge on any atom is 0.360 e. The normalized spacial score (nSPS) is 11.1. The number of hydrogen-bond acceptors (Lipinski definition) is 6. The van der Waals surface area contributed by atoms with Crippen molar-refractivity contribution in [1.29, 1.82) is 0 Å². The van der Waals surface area contributed by atoms with Crippen LogP contribution in [0.5, 0.6) is 11.6 Å². The summed E-state index contributed by atoms with van der Waals surface area (Å²) in [5.41, 5.74) is 1.25. The van der Waals surface area contributed by atoms with Gasteiger partial charge in [-0.1, -0.05) is 28.9 Å². The van der Waals surface area contributed by atoms with Gasteiger partial charge in [0.1, 0.15) is 12.9 Å². The molecule has 0 amide bonds. The van der Waals surface area contributed by atoms with Gasteiger partial charge in [0.2, 0.25) is 5.88 Å². The van der Waals surface area contributed by atoms with Crippen molar-refractivity contribution in [2.24, 2.45) is 5.16 Å². The summed E-state index contributed by atoms with van der Waals surface area (Å²) in [5, 5.41) is 8.78. The zero-order valence-corrected chi connectivity index (χ0v) is 15.4. The van der Waals surface area contributed by atoms with E-state index >= 15 is 0 Å². The summed E-state index contributed by atoms with van der Waals surface area (Å²) >= 11 is 5.91. The van der Waals surface area contributed by atoms with E-state index in [0.29, 0.717) is 22.2 Å². The number of ether oxygens (including phenoxy) is 2. The maximum atomic E-state index is 12.0. The number of carbonyl (C=O) groups excluding carboxylic acids is 1. The van der Waals surface area contributed by atoms with Crippen molar-refractivity contribution in [3.8, 4) is 17.3 Å². The Morgan fingerprint density at radius 3 is 2.52 bits per heavy atom. The Labute approximate surface area is 160 Å². The van der Waals surface area contributed by atoms with Crippen LogP contribution in [0.25, 0.3) is 5.69 Å². The third-order valence-corrected chi connectivity index (χ3v) is 3.83. The van der Waals surface area contributed by atoms with E-state index < -0.39 is 5.97 Å². The second-order valence-corrected chi connectivity index (χ2v) is 5.72. The lowest BCUT2D eigenvalue weighted by molar-refractivity contribution is -0.132. The maximum absolute atomic E-state index is 12.0. The number of halogens is 1. The van der Waals surface area contributed by atoms with Crippen LogP contribution in [0.1, 0.15) is 5.56 Å². The van der Waals surface area contributed by atoms with E-state index in [1.165, 1.54) is 14.2 Å². The number of esters is 1. The van der Waals surface area contributed by atoms with Gasteiger partial charge in [0, 0.05) is 17.3 Å². The topological polar surface area (TPSA) is 74.9 Å². The van der Waals surface area contributed by atoms with Gasteiger partial charge in [-0.2, -0.15) is 0 Å². The molecule has 3 rings (SSSR count). The first-order valence-corrected chi connectivity index (χ1v) is 8.28. The van der Waals surface area contributed by atoms with E-state index in [1.54, 1.807) is 53.3 Å². The van der Waals surface area contributed by atoms with Gasteiger partial charge in [-0.05, 0) is 36.4 Å². The molecule has 0 aliphatic heterocycles. The summed E-state index contributed by atoms with van der Waals surface area (Å²) in [6.07, 6.45) is 1.76. The van der Waals surface area contributed by atoms with Crippen LogP contribution in [0.15, 0.2) is 65.9 Å². The second-order valence-electron chi connectivity index (χ2n) is 5.29. The number of rotatable bonds is 6. The molecule has 0 atom stereocenters.